The molecule has 100 valence electrons. The van der Waals surface area contributed by atoms with Crippen LogP contribution in [0.15, 0.2) is 0 Å². The van der Waals surface area contributed by atoms with Gasteiger partial charge in [0, 0.05) is 12.6 Å². The highest BCUT2D eigenvalue weighted by Crippen LogP contribution is 2.29. The van der Waals surface area contributed by atoms with E-state index in [9.17, 15) is 9.90 Å². The first-order valence-corrected chi connectivity index (χ1v) is 6.46. The molecule has 1 saturated heterocycles. The molecule has 0 saturated carbocycles. The lowest BCUT2D eigenvalue weighted by molar-refractivity contribution is -0.147. The van der Waals surface area contributed by atoms with Crippen LogP contribution in [0, 0.1) is 11.3 Å². The van der Waals surface area contributed by atoms with Crippen molar-refractivity contribution in [3.8, 4) is 0 Å². The zero-order chi connectivity index (χ0) is 13.1. The Kier molecular flexibility index (Phi) is 4.95. The van der Waals surface area contributed by atoms with Gasteiger partial charge in [-0.2, -0.15) is 0 Å². The lowest BCUT2D eigenvalue weighted by atomic mass is 9.79. The Hall–Kier alpha value is -0.610. The molecule has 1 rings (SSSR count). The zero-order valence-corrected chi connectivity index (χ0v) is 11.5. The van der Waals surface area contributed by atoms with Crippen molar-refractivity contribution in [1.29, 1.82) is 0 Å². The summed E-state index contributed by atoms with van der Waals surface area (Å²) in [7, 11) is 4.08. The number of hydrogen-bond donors (Lipinski definition) is 2. The minimum absolute atomic E-state index is 0.295. The summed E-state index contributed by atoms with van der Waals surface area (Å²) < 4.78 is 0. The highest BCUT2D eigenvalue weighted by atomic mass is 16.4. The Balaban J connectivity index is 2.61. The molecule has 0 radical (unpaired) electrons. The molecule has 1 fully saturated rings. The SMILES string of the molecule is CNC(CC(C)(C)C(=O)O)C1CCCN(C)C1. The van der Waals surface area contributed by atoms with E-state index in [1.54, 1.807) is 0 Å². The van der Waals surface area contributed by atoms with Gasteiger partial charge in [-0.3, -0.25) is 4.79 Å². The van der Waals surface area contributed by atoms with Gasteiger partial charge in [0.2, 0.25) is 0 Å². The fourth-order valence-corrected chi connectivity index (χ4v) is 2.68. The van der Waals surface area contributed by atoms with Crippen molar-refractivity contribution >= 4 is 5.97 Å². The second kappa shape index (κ2) is 5.83. The fourth-order valence-electron chi connectivity index (χ4n) is 2.68. The van der Waals surface area contributed by atoms with Crippen molar-refractivity contribution in [3.63, 3.8) is 0 Å². The van der Waals surface area contributed by atoms with E-state index >= 15 is 0 Å². The van der Waals surface area contributed by atoms with Crippen molar-refractivity contribution in [2.75, 3.05) is 27.2 Å². The maximum atomic E-state index is 11.2. The topological polar surface area (TPSA) is 52.6 Å². The number of carbonyl (C=O) groups is 1. The second-order valence-electron chi connectivity index (χ2n) is 5.95. The van der Waals surface area contributed by atoms with E-state index in [2.05, 4.69) is 17.3 Å². The van der Waals surface area contributed by atoms with Crippen molar-refractivity contribution in [2.24, 2.45) is 11.3 Å². The molecule has 0 bridgehead atoms. The molecule has 0 spiro atoms. The number of carboxylic acid groups (broad SMARTS) is 1. The van der Waals surface area contributed by atoms with E-state index in [0.717, 1.165) is 13.1 Å². The molecular formula is C13H26N2O2. The average Bonchev–Trinajstić information content (AvgIpc) is 2.25. The smallest absolute Gasteiger partial charge is 0.309 e. The van der Waals surface area contributed by atoms with Gasteiger partial charge in [0.25, 0.3) is 0 Å². The normalized spacial score (nSPS) is 24.6. The summed E-state index contributed by atoms with van der Waals surface area (Å²) in [5.74, 6) is -0.140. The first kappa shape index (κ1) is 14.5. The number of hydrogen-bond acceptors (Lipinski definition) is 3. The summed E-state index contributed by atoms with van der Waals surface area (Å²) in [6.45, 7) is 5.86. The summed E-state index contributed by atoms with van der Waals surface area (Å²) in [6.07, 6.45) is 3.11. The summed E-state index contributed by atoms with van der Waals surface area (Å²) in [5, 5.41) is 12.5. The number of carboxylic acids is 1. The third-order valence-corrected chi connectivity index (χ3v) is 3.91. The van der Waals surface area contributed by atoms with Crippen LogP contribution in [0.3, 0.4) is 0 Å². The third-order valence-electron chi connectivity index (χ3n) is 3.91. The minimum Gasteiger partial charge on any atom is -0.481 e. The molecule has 1 heterocycles. The van der Waals surface area contributed by atoms with Crippen LogP contribution in [0.1, 0.15) is 33.1 Å². The summed E-state index contributed by atoms with van der Waals surface area (Å²) in [6, 6.07) is 0.295. The molecule has 0 aliphatic carbocycles. The van der Waals surface area contributed by atoms with Crippen LogP contribution in [0.25, 0.3) is 0 Å². The predicted molar refractivity (Wildman–Crippen MR) is 69.1 cm³/mol. The Morgan fingerprint density at radius 3 is 2.71 bits per heavy atom. The van der Waals surface area contributed by atoms with Gasteiger partial charge in [-0.25, -0.2) is 0 Å². The number of nitrogens with one attached hydrogen (secondary N) is 1. The van der Waals surface area contributed by atoms with Gasteiger partial charge in [0.15, 0.2) is 0 Å². The van der Waals surface area contributed by atoms with E-state index < -0.39 is 11.4 Å². The van der Waals surface area contributed by atoms with Gasteiger partial charge in [-0.05, 0) is 59.7 Å². The van der Waals surface area contributed by atoms with Gasteiger partial charge in [0.05, 0.1) is 5.41 Å². The Bertz CT molecular complexity index is 266. The Labute approximate surface area is 104 Å². The van der Waals surface area contributed by atoms with E-state index in [4.69, 9.17) is 0 Å². The average molecular weight is 242 g/mol. The molecular weight excluding hydrogens is 216 g/mol. The van der Waals surface area contributed by atoms with Crippen LogP contribution in [0.4, 0.5) is 0 Å². The first-order valence-electron chi connectivity index (χ1n) is 6.46. The number of nitrogens with zero attached hydrogens (tertiary/aromatic N) is 1. The largest absolute Gasteiger partial charge is 0.481 e. The van der Waals surface area contributed by atoms with Crippen LogP contribution < -0.4 is 5.32 Å². The van der Waals surface area contributed by atoms with Gasteiger partial charge in [-0.15, -0.1) is 0 Å². The lowest BCUT2D eigenvalue weighted by Gasteiger charge is -2.37. The number of likely N-dealkylation sites (tertiary alicyclic amines) is 1. The van der Waals surface area contributed by atoms with E-state index in [0.29, 0.717) is 18.4 Å². The number of piperidine rings is 1. The van der Waals surface area contributed by atoms with Gasteiger partial charge in [0.1, 0.15) is 0 Å². The van der Waals surface area contributed by atoms with Crippen molar-refractivity contribution < 1.29 is 9.90 Å². The maximum Gasteiger partial charge on any atom is 0.309 e. The van der Waals surface area contributed by atoms with E-state index in [1.165, 1.54) is 12.8 Å². The molecule has 0 aromatic rings. The molecule has 2 atom stereocenters. The molecule has 0 amide bonds. The zero-order valence-electron chi connectivity index (χ0n) is 11.5. The van der Waals surface area contributed by atoms with Gasteiger partial charge >= 0.3 is 5.97 Å². The van der Waals surface area contributed by atoms with Crippen molar-refractivity contribution in [3.05, 3.63) is 0 Å². The first-order chi connectivity index (χ1) is 7.86. The van der Waals surface area contributed by atoms with Crippen LogP contribution in [-0.2, 0) is 4.79 Å². The number of aliphatic carboxylic acids is 1. The third kappa shape index (κ3) is 3.96. The summed E-state index contributed by atoms with van der Waals surface area (Å²) in [5.41, 5.74) is -0.649. The number of rotatable bonds is 5. The standard InChI is InChI=1S/C13H26N2O2/c1-13(2,12(16)17)8-11(14-3)10-6-5-7-15(4)9-10/h10-11,14H,5-9H2,1-4H3,(H,16,17). The quantitative estimate of drug-likeness (QED) is 0.765. The Morgan fingerprint density at radius 1 is 1.59 bits per heavy atom. The molecule has 4 heteroatoms. The monoisotopic (exact) mass is 242 g/mol. The van der Waals surface area contributed by atoms with E-state index in [-0.39, 0.29) is 0 Å². The lowest BCUT2D eigenvalue weighted by Crippen LogP contribution is -2.46. The molecule has 2 unspecified atom stereocenters. The minimum atomic E-state index is -0.707. The molecule has 0 aromatic heterocycles. The molecule has 4 nitrogen and oxygen atoms in total. The molecule has 1 aliphatic heterocycles. The van der Waals surface area contributed by atoms with Crippen LogP contribution in [0.5, 0.6) is 0 Å². The molecule has 0 aromatic carbocycles. The van der Waals surface area contributed by atoms with E-state index in [1.807, 2.05) is 20.9 Å². The van der Waals surface area contributed by atoms with Crippen LogP contribution >= 0.6 is 0 Å². The van der Waals surface area contributed by atoms with Crippen LogP contribution in [0.2, 0.25) is 0 Å². The molecule has 1 aliphatic rings. The highest BCUT2D eigenvalue weighted by molar-refractivity contribution is 5.73. The fraction of sp³-hybridized carbons (Fsp3) is 0.923. The van der Waals surface area contributed by atoms with Crippen molar-refractivity contribution in [2.45, 2.75) is 39.2 Å². The van der Waals surface area contributed by atoms with Gasteiger partial charge in [-0.1, -0.05) is 0 Å². The van der Waals surface area contributed by atoms with Gasteiger partial charge < -0.3 is 15.3 Å². The molecule has 2 N–H and O–H groups in total. The van der Waals surface area contributed by atoms with Crippen LogP contribution in [-0.4, -0.2) is 49.2 Å². The highest BCUT2D eigenvalue weighted by Gasteiger charge is 2.34. The summed E-state index contributed by atoms with van der Waals surface area (Å²) in [4.78, 5) is 13.5. The Morgan fingerprint density at radius 2 is 2.24 bits per heavy atom. The summed E-state index contributed by atoms with van der Waals surface area (Å²) >= 11 is 0. The molecule has 17 heavy (non-hydrogen) atoms. The second-order valence-corrected chi connectivity index (χ2v) is 5.95. The maximum absolute atomic E-state index is 11.2. The predicted octanol–water partition coefficient (Wildman–Crippen LogP) is 1.42. The van der Waals surface area contributed by atoms with Crippen molar-refractivity contribution in [1.82, 2.24) is 10.2 Å².